The summed E-state index contributed by atoms with van der Waals surface area (Å²) in [7, 11) is -1.65. The van der Waals surface area contributed by atoms with Crippen molar-refractivity contribution in [3.63, 3.8) is 0 Å². The van der Waals surface area contributed by atoms with Crippen molar-refractivity contribution in [2.75, 3.05) is 26.4 Å². The molecule has 0 radical (unpaired) electrons. The maximum atomic E-state index is 13.4. The van der Waals surface area contributed by atoms with Crippen molar-refractivity contribution in [3.05, 3.63) is 35.8 Å². The van der Waals surface area contributed by atoms with Crippen LogP contribution < -0.4 is 15.4 Å². The number of H-pyrrole nitrogens is 1. The van der Waals surface area contributed by atoms with Gasteiger partial charge in [-0.3, -0.25) is 4.99 Å². The molecular formula is C17H26FN5O2S. The minimum absolute atomic E-state index is 0.260. The number of nitrogens with one attached hydrogen (secondary N) is 4. The molecule has 0 unspecified atom stereocenters. The van der Waals surface area contributed by atoms with Gasteiger partial charge in [-0.1, -0.05) is 0 Å². The normalized spacial score (nSPS) is 13.2. The molecule has 0 amide bonds. The van der Waals surface area contributed by atoms with Crippen LogP contribution in [0.4, 0.5) is 4.39 Å². The summed E-state index contributed by atoms with van der Waals surface area (Å²) in [6, 6.07) is 4.67. The maximum Gasteiger partial charge on any atom is 0.209 e. The number of hydrogen-bond donors (Lipinski definition) is 4. The molecule has 9 heteroatoms. The van der Waals surface area contributed by atoms with Gasteiger partial charge in [-0.25, -0.2) is 17.5 Å². The van der Waals surface area contributed by atoms with Crippen LogP contribution in [0.3, 0.4) is 0 Å². The Labute approximate surface area is 153 Å². The summed E-state index contributed by atoms with van der Waals surface area (Å²) in [5.41, 5.74) is 1.26. The molecule has 1 aromatic carbocycles. The number of benzene rings is 1. The fourth-order valence-electron chi connectivity index (χ4n) is 2.74. The minimum atomic E-state index is -3.29. The Morgan fingerprint density at radius 2 is 2.04 bits per heavy atom. The van der Waals surface area contributed by atoms with Crippen LogP contribution in [0, 0.1) is 5.82 Å². The number of aliphatic imine (C=N–C) groups is 1. The second-order valence-electron chi connectivity index (χ2n) is 6.86. The Bertz CT molecular complexity index is 890. The Morgan fingerprint density at radius 3 is 2.69 bits per heavy atom. The molecule has 0 saturated heterocycles. The van der Waals surface area contributed by atoms with Crippen LogP contribution in [0.25, 0.3) is 10.9 Å². The number of guanidine groups is 1. The SMILES string of the molecule is CN=C(NCCc1c[nH]c2ccc(F)cc12)NCC(C)(C)NS(C)(=O)=O. The first-order chi connectivity index (χ1) is 12.1. The highest BCUT2D eigenvalue weighted by Crippen LogP contribution is 2.19. The van der Waals surface area contributed by atoms with Crippen molar-refractivity contribution in [2.45, 2.75) is 25.8 Å². The standard InChI is InChI=1S/C17H26FN5O2S/c1-17(2,23-26(4,24)25)11-22-16(19-3)20-8-7-12-10-21-15-6-5-13(18)9-14(12)15/h5-6,9-10,21,23H,7-8,11H2,1-4H3,(H2,19,20,22). The van der Waals surface area contributed by atoms with E-state index in [1.54, 1.807) is 27.0 Å². The molecule has 7 nitrogen and oxygen atoms in total. The van der Waals surface area contributed by atoms with E-state index in [1.807, 2.05) is 6.20 Å². The second-order valence-corrected chi connectivity index (χ2v) is 8.61. The number of aromatic nitrogens is 1. The number of halogens is 1. The molecule has 0 spiro atoms. The summed E-state index contributed by atoms with van der Waals surface area (Å²) in [5, 5.41) is 7.15. The van der Waals surface area contributed by atoms with Crippen LogP contribution in [0.1, 0.15) is 19.4 Å². The van der Waals surface area contributed by atoms with Gasteiger partial charge in [0.15, 0.2) is 5.96 Å². The quantitative estimate of drug-likeness (QED) is 0.428. The van der Waals surface area contributed by atoms with Crippen LogP contribution >= 0.6 is 0 Å². The van der Waals surface area contributed by atoms with E-state index < -0.39 is 15.6 Å². The van der Waals surface area contributed by atoms with Gasteiger partial charge in [-0.05, 0) is 44.0 Å². The summed E-state index contributed by atoms with van der Waals surface area (Å²) in [6.07, 6.45) is 3.70. The Balaban J connectivity index is 1.88. The lowest BCUT2D eigenvalue weighted by Crippen LogP contribution is -2.53. The Hall–Kier alpha value is -2.13. The van der Waals surface area contributed by atoms with Gasteiger partial charge in [0.25, 0.3) is 0 Å². The summed E-state index contributed by atoms with van der Waals surface area (Å²) >= 11 is 0. The molecule has 0 atom stereocenters. The molecule has 144 valence electrons. The van der Waals surface area contributed by atoms with Crippen LogP contribution in [0.2, 0.25) is 0 Å². The molecule has 0 aliphatic carbocycles. The van der Waals surface area contributed by atoms with Crippen molar-refractivity contribution in [1.29, 1.82) is 0 Å². The van der Waals surface area contributed by atoms with Crippen molar-refractivity contribution < 1.29 is 12.8 Å². The third kappa shape index (κ3) is 5.99. The molecular weight excluding hydrogens is 357 g/mol. The average Bonchev–Trinajstić information content (AvgIpc) is 2.90. The Kier molecular flexibility index (Phi) is 6.25. The Morgan fingerprint density at radius 1 is 1.31 bits per heavy atom. The van der Waals surface area contributed by atoms with Crippen molar-refractivity contribution in [1.82, 2.24) is 20.3 Å². The molecule has 4 N–H and O–H groups in total. The third-order valence-corrected chi connectivity index (χ3v) is 4.72. The van der Waals surface area contributed by atoms with Crippen LogP contribution in [0.15, 0.2) is 29.4 Å². The fraction of sp³-hybridized carbons (Fsp3) is 0.471. The predicted octanol–water partition coefficient (Wildman–Crippen LogP) is 1.34. The van der Waals surface area contributed by atoms with Gasteiger partial charge in [0.1, 0.15) is 5.82 Å². The predicted molar refractivity (Wildman–Crippen MR) is 103 cm³/mol. The van der Waals surface area contributed by atoms with Gasteiger partial charge in [0.2, 0.25) is 10.0 Å². The van der Waals surface area contributed by atoms with Crippen molar-refractivity contribution in [2.24, 2.45) is 4.99 Å². The molecule has 2 rings (SSSR count). The van der Waals surface area contributed by atoms with E-state index in [4.69, 9.17) is 0 Å². The third-order valence-electron chi connectivity index (χ3n) is 3.80. The van der Waals surface area contributed by atoms with E-state index in [1.165, 1.54) is 12.1 Å². The lowest BCUT2D eigenvalue weighted by atomic mass is 10.1. The van der Waals surface area contributed by atoms with E-state index in [0.717, 1.165) is 22.7 Å². The average molecular weight is 383 g/mol. The van der Waals surface area contributed by atoms with Crippen molar-refractivity contribution >= 4 is 26.9 Å². The van der Waals surface area contributed by atoms with Gasteiger partial charge in [-0.2, -0.15) is 0 Å². The number of hydrogen-bond acceptors (Lipinski definition) is 3. The zero-order valence-corrected chi connectivity index (χ0v) is 16.3. The first-order valence-electron chi connectivity index (χ1n) is 8.29. The van der Waals surface area contributed by atoms with Gasteiger partial charge in [-0.15, -0.1) is 0 Å². The number of rotatable bonds is 7. The molecule has 0 aliphatic rings. The highest BCUT2D eigenvalue weighted by molar-refractivity contribution is 7.88. The second kappa shape index (κ2) is 8.05. The zero-order valence-electron chi connectivity index (χ0n) is 15.5. The van der Waals surface area contributed by atoms with Crippen molar-refractivity contribution in [3.8, 4) is 0 Å². The highest BCUT2D eigenvalue weighted by atomic mass is 32.2. The van der Waals surface area contributed by atoms with E-state index in [2.05, 4.69) is 25.3 Å². The smallest absolute Gasteiger partial charge is 0.209 e. The molecule has 0 aliphatic heterocycles. The topological polar surface area (TPSA) is 98.4 Å². The fourth-order valence-corrected chi connectivity index (χ4v) is 3.81. The first kappa shape index (κ1) is 20.2. The maximum absolute atomic E-state index is 13.4. The van der Waals surface area contributed by atoms with Gasteiger partial charge < -0.3 is 15.6 Å². The molecule has 26 heavy (non-hydrogen) atoms. The van der Waals surface area contributed by atoms with Gasteiger partial charge in [0, 0.05) is 42.8 Å². The summed E-state index contributed by atoms with van der Waals surface area (Å²) < 4.78 is 38.7. The van der Waals surface area contributed by atoms with Crippen LogP contribution in [-0.4, -0.2) is 51.3 Å². The van der Waals surface area contributed by atoms with E-state index in [-0.39, 0.29) is 5.82 Å². The summed E-state index contributed by atoms with van der Waals surface area (Å²) in [4.78, 5) is 7.26. The van der Waals surface area contributed by atoms with Crippen LogP contribution in [0.5, 0.6) is 0 Å². The first-order valence-corrected chi connectivity index (χ1v) is 10.2. The summed E-state index contributed by atoms with van der Waals surface area (Å²) in [6.45, 7) is 4.55. The lowest BCUT2D eigenvalue weighted by Gasteiger charge is -2.26. The monoisotopic (exact) mass is 383 g/mol. The van der Waals surface area contributed by atoms with Gasteiger partial charge in [0.05, 0.1) is 6.26 Å². The molecule has 1 aromatic heterocycles. The molecule has 0 bridgehead atoms. The number of fused-ring (bicyclic) bond motifs is 1. The molecule has 1 heterocycles. The van der Waals surface area contributed by atoms with E-state index in [0.29, 0.717) is 25.5 Å². The number of nitrogens with zero attached hydrogens (tertiary/aromatic N) is 1. The number of sulfonamides is 1. The number of aromatic amines is 1. The van der Waals surface area contributed by atoms with E-state index >= 15 is 0 Å². The summed E-state index contributed by atoms with van der Waals surface area (Å²) in [5.74, 6) is 0.309. The minimum Gasteiger partial charge on any atom is -0.361 e. The molecule has 0 saturated carbocycles. The largest absolute Gasteiger partial charge is 0.361 e. The van der Waals surface area contributed by atoms with Crippen LogP contribution in [-0.2, 0) is 16.4 Å². The molecule has 0 fully saturated rings. The highest BCUT2D eigenvalue weighted by Gasteiger charge is 2.22. The van der Waals surface area contributed by atoms with Gasteiger partial charge >= 0.3 is 0 Å². The zero-order chi connectivity index (χ0) is 19.4. The lowest BCUT2D eigenvalue weighted by molar-refractivity contribution is 0.446. The molecule has 2 aromatic rings. The van der Waals surface area contributed by atoms with E-state index in [9.17, 15) is 12.8 Å².